The summed E-state index contributed by atoms with van der Waals surface area (Å²) in [6.07, 6.45) is -5.23. The molecular weight excluding hydrogens is 309 g/mol. The standard InChI is InChI=1S/C12H15F3N2O2.2C2H6/c13-12(14,15)8-19-11(18)17-10(7-16)6-9-4-2-1-3-5-9;2*1-2/h1-5,10H,6-8,16H2,(H,17,18);2*1-2H3/t10-;;/m0../s1. The summed E-state index contributed by atoms with van der Waals surface area (Å²) in [6.45, 7) is 6.50. The Morgan fingerprint density at radius 2 is 1.70 bits per heavy atom. The summed E-state index contributed by atoms with van der Waals surface area (Å²) in [7, 11) is 0. The van der Waals surface area contributed by atoms with Crippen molar-refractivity contribution in [1.29, 1.82) is 0 Å². The molecule has 0 spiro atoms. The van der Waals surface area contributed by atoms with E-state index in [1.807, 2.05) is 58.0 Å². The molecule has 0 unspecified atom stereocenters. The van der Waals surface area contributed by atoms with Crippen molar-refractivity contribution in [2.75, 3.05) is 13.2 Å². The number of benzene rings is 1. The zero-order chi connectivity index (χ0) is 18.3. The maximum Gasteiger partial charge on any atom is 0.422 e. The Labute approximate surface area is 136 Å². The molecule has 0 aromatic heterocycles. The van der Waals surface area contributed by atoms with Crippen LogP contribution in [0, 0.1) is 0 Å². The first-order chi connectivity index (χ1) is 10.9. The Bertz CT molecular complexity index is 398. The van der Waals surface area contributed by atoms with Crippen LogP contribution in [0.4, 0.5) is 18.0 Å². The number of alkyl carbamates (subject to hydrolysis) is 1. The van der Waals surface area contributed by atoms with Gasteiger partial charge in [0.1, 0.15) is 0 Å². The van der Waals surface area contributed by atoms with Crippen molar-refractivity contribution in [2.45, 2.75) is 46.3 Å². The largest absolute Gasteiger partial charge is 0.440 e. The van der Waals surface area contributed by atoms with E-state index in [-0.39, 0.29) is 6.54 Å². The summed E-state index contributed by atoms with van der Waals surface area (Å²) < 4.78 is 39.6. The molecule has 134 valence electrons. The van der Waals surface area contributed by atoms with Crippen LogP contribution in [0.2, 0.25) is 0 Å². The van der Waals surface area contributed by atoms with Gasteiger partial charge in [0.15, 0.2) is 6.61 Å². The van der Waals surface area contributed by atoms with Crippen molar-refractivity contribution in [3.63, 3.8) is 0 Å². The van der Waals surface area contributed by atoms with Gasteiger partial charge in [0, 0.05) is 12.6 Å². The molecule has 0 aliphatic rings. The van der Waals surface area contributed by atoms with Gasteiger partial charge in [-0.15, -0.1) is 0 Å². The number of nitrogens with two attached hydrogens (primary N) is 1. The number of nitrogens with one attached hydrogen (secondary N) is 1. The zero-order valence-corrected chi connectivity index (χ0v) is 14.1. The third-order valence-electron chi connectivity index (χ3n) is 2.30. The molecule has 4 nitrogen and oxygen atoms in total. The molecule has 0 fully saturated rings. The minimum Gasteiger partial charge on any atom is -0.440 e. The fraction of sp³-hybridized carbons (Fsp3) is 0.562. The van der Waals surface area contributed by atoms with E-state index in [0.29, 0.717) is 6.42 Å². The lowest BCUT2D eigenvalue weighted by Crippen LogP contribution is -2.42. The predicted molar refractivity (Wildman–Crippen MR) is 86.2 cm³/mol. The first kappa shape index (κ1) is 23.5. The van der Waals surface area contributed by atoms with Crippen molar-refractivity contribution in [1.82, 2.24) is 5.32 Å². The van der Waals surface area contributed by atoms with Crippen LogP contribution in [0.5, 0.6) is 0 Å². The van der Waals surface area contributed by atoms with Crippen LogP contribution in [0.25, 0.3) is 0 Å². The summed E-state index contributed by atoms with van der Waals surface area (Å²) in [5.41, 5.74) is 6.38. The van der Waals surface area contributed by atoms with E-state index in [0.717, 1.165) is 5.56 Å². The molecule has 1 atom stereocenters. The van der Waals surface area contributed by atoms with Gasteiger partial charge in [-0.2, -0.15) is 13.2 Å². The van der Waals surface area contributed by atoms with Crippen LogP contribution in [0.1, 0.15) is 33.3 Å². The molecule has 1 aromatic rings. The second-order valence-corrected chi connectivity index (χ2v) is 3.96. The highest BCUT2D eigenvalue weighted by Crippen LogP contribution is 2.14. The van der Waals surface area contributed by atoms with E-state index in [4.69, 9.17) is 5.73 Å². The van der Waals surface area contributed by atoms with Crippen LogP contribution in [-0.2, 0) is 11.2 Å². The zero-order valence-electron chi connectivity index (χ0n) is 14.1. The molecule has 7 heteroatoms. The molecule has 0 heterocycles. The second-order valence-electron chi connectivity index (χ2n) is 3.96. The summed E-state index contributed by atoms with van der Waals surface area (Å²) in [5.74, 6) is 0. The van der Waals surface area contributed by atoms with E-state index in [1.54, 1.807) is 0 Å². The van der Waals surface area contributed by atoms with Gasteiger partial charge in [0.2, 0.25) is 0 Å². The van der Waals surface area contributed by atoms with Gasteiger partial charge < -0.3 is 15.8 Å². The van der Waals surface area contributed by atoms with E-state index in [1.165, 1.54) is 0 Å². The van der Waals surface area contributed by atoms with Crippen LogP contribution >= 0.6 is 0 Å². The van der Waals surface area contributed by atoms with E-state index in [2.05, 4.69) is 10.1 Å². The Balaban J connectivity index is 0. The van der Waals surface area contributed by atoms with E-state index in [9.17, 15) is 18.0 Å². The van der Waals surface area contributed by atoms with Crippen LogP contribution in [0.15, 0.2) is 30.3 Å². The summed E-state index contributed by atoms with van der Waals surface area (Å²) >= 11 is 0. The molecule has 1 rings (SSSR count). The maximum absolute atomic E-state index is 11.9. The number of hydrogen-bond acceptors (Lipinski definition) is 3. The predicted octanol–water partition coefficient (Wildman–Crippen LogP) is 3.90. The quantitative estimate of drug-likeness (QED) is 0.857. The average molecular weight is 336 g/mol. The van der Waals surface area contributed by atoms with Crippen LogP contribution in [0.3, 0.4) is 0 Å². The van der Waals surface area contributed by atoms with Gasteiger partial charge >= 0.3 is 12.3 Å². The number of carbonyl (C=O) groups is 1. The van der Waals surface area contributed by atoms with E-state index < -0.39 is 24.9 Å². The van der Waals surface area contributed by atoms with Gasteiger partial charge in [0.25, 0.3) is 0 Å². The summed E-state index contributed by atoms with van der Waals surface area (Å²) in [6, 6.07) is 8.70. The van der Waals surface area contributed by atoms with Gasteiger partial charge in [-0.1, -0.05) is 58.0 Å². The number of hydrogen-bond donors (Lipinski definition) is 2. The van der Waals surface area contributed by atoms with Crippen molar-refractivity contribution < 1.29 is 22.7 Å². The number of amides is 1. The lowest BCUT2D eigenvalue weighted by Gasteiger charge is -2.17. The lowest BCUT2D eigenvalue weighted by atomic mass is 10.1. The minimum atomic E-state index is -4.53. The number of ether oxygens (including phenoxy) is 1. The second kappa shape index (κ2) is 13.9. The molecule has 0 aliphatic carbocycles. The number of carbonyl (C=O) groups excluding carboxylic acids is 1. The molecule has 0 saturated heterocycles. The Hall–Kier alpha value is -1.76. The first-order valence-corrected chi connectivity index (χ1v) is 7.65. The molecule has 1 amide bonds. The van der Waals surface area contributed by atoms with Gasteiger partial charge in [-0.25, -0.2) is 4.79 Å². The normalized spacial score (nSPS) is 11.1. The Morgan fingerprint density at radius 3 is 2.13 bits per heavy atom. The third kappa shape index (κ3) is 13.6. The van der Waals surface area contributed by atoms with Crippen molar-refractivity contribution in [3.8, 4) is 0 Å². The van der Waals surface area contributed by atoms with Gasteiger partial charge in [0.05, 0.1) is 0 Å². The maximum atomic E-state index is 11.9. The van der Waals surface area contributed by atoms with Crippen molar-refractivity contribution in [2.24, 2.45) is 5.73 Å². The molecule has 0 saturated carbocycles. The Morgan fingerprint density at radius 1 is 1.17 bits per heavy atom. The molecule has 0 aliphatic heterocycles. The van der Waals surface area contributed by atoms with E-state index >= 15 is 0 Å². The monoisotopic (exact) mass is 336 g/mol. The number of alkyl halides is 3. The highest BCUT2D eigenvalue weighted by Gasteiger charge is 2.29. The van der Waals surface area contributed by atoms with Gasteiger partial charge in [-0.3, -0.25) is 0 Å². The first-order valence-electron chi connectivity index (χ1n) is 7.65. The molecule has 23 heavy (non-hydrogen) atoms. The molecule has 3 N–H and O–H groups in total. The van der Waals surface area contributed by atoms with Crippen LogP contribution < -0.4 is 11.1 Å². The lowest BCUT2D eigenvalue weighted by molar-refractivity contribution is -0.160. The molecular formula is C16H27F3N2O2. The smallest absolute Gasteiger partial charge is 0.422 e. The highest BCUT2D eigenvalue weighted by atomic mass is 19.4. The van der Waals surface area contributed by atoms with Crippen molar-refractivity contribution in [3.05, 3.63) is 35.9 Å². The summed E-state index contributed by atoms with van der Waals surface area (Å²) in [4.78, 5) is 11.2. The van der Waals surface area contributed by atoms with Gasteiger partial charge in [-0.05, 0) is 12.0 Å². The Kier molecular flexibility index (Phi) is 14.2. The number of rotatable bonds is 5. The SMILES string of the molecule is CC.CC.NC[C@H](Cc1ccccc1)NC(=O)OCC(F)(F)F. The average Bonchev–Trinajstić information content (AvgIpc) is 2.56. The fourth-order valence-electron chi connectivity index (χ4n) is 1.45. The number of halogens is 3. The highest BCUT2D eigenvalue weighted by molar-refractivity contribution is 5.67. The molecule has 0 bridgehead atoms. The summed E-state index contributed by atoms with van der Waals surface area (Å²) in [5, 5.41) is 2.30. The fourth-order valence-corrected chi connectivity index (χ4v) is 1.45. The minimum absolute atomic E-state index is 0.107. The third-order valence-corrected chi connectivity index (χ3v) is 2.30. The molecule has 0 radical (unpaired) electrons. The van der Waals surface area contributed by atoms with Crippen molar-refractivity contribution >= 4 is 6.09 Å². The van der Waals surface area contributed by atoms with Crippen LogP contribution in [-0.4, -0.2) is 31.5 Å². The molecule has 1 aromatic carbocycles. The topological polar surface area (TPSA) is 64.3 Å².